The van der Waals surface area contributed by atoms with Gasteiger partial charge in [0.05, 0.1) is 13.2 Å². The monoisotopic (exact) mass is 414 g/mol. The zero-order valence-electron chi connectivity index (χ0n) is 18.6. The molecule has 0 aromatic carbocycles. The van der Waals surface area contributed by atoms with Gasteiger partial charge in [-0.1, -0.05) is 83.3 Å². The zero-order chi connectivity index (χ0) is 21.2. The van der Waals surface area contributed by atoms with Crippen molar-refractivity contribution >= 4 is 0 Å². The van der Waals surface area contributed by atoms with Gasteiger partial charge in [-0.05, 0) is 25.7 Å². The maximum Gasteiger partial charge on any atom is 0.114 e. The van der Waals surface area contributed by atoms with Crippen LogP contribution < -0.4 is 0 Å². The summed E-state index contributed by atoms with van der Waals surface area (Å²) in [6.07, 6.45) is 19.3. The molecule has 4 atom stereocenters. The molecule has 3 N–H and O–H groups in total. The minimum Gasteiger partial charge on any atom is -0.394 e. The number of hydrogen-bond donors (Lipinski definition) is 3. The van der Waals surface area contributed by atoms with Gasteiger partial charge in [-0.25, -0.2) is 0 Å². The minimum atomic E-state index is -1.00. The van der Waals surface area contributed by atoms with E-state index in [-0.39, 0.29) is 13.2 Å². The lowest BCUT2D eigenvalue weighted by Gasteiger charge is -2.37. The smallest absolute Gasteiger partial charge is 0.114 e. The fourth-order valence-corrected chi connectivity index (χ4v) is 3.80. The van der Waals surface area contributed by atoms with Crippen molar-refractivity contribution in [3.8, 4) is 0 Å². The van der Waals surface area contributed by atoms with Crippen LogP contribution in [0.1, 0.15) is 96.8 Å². The second kappa shape index (κ2) is 18.3. The van der Waals surface area contributed by atoms with Crippen LogP contribution in [0, 0.1) is 0 Å². The molecule has 0 bridgehead atoms. The first-order valence-electron chi connectivity index (χ1n) is 12.1. The topological polar surface area (TPSA) is 79.2 Å². The maximum absolute atomic E-state index is 9.99. The Morgan fingerprint density at radius 2 is 1.38 bits per heavy atom. The van der Waals surface area contributed by atoms with E-state index in [9.17, 15) is 15.3 Å². The predicted octanol–water partition coefficient (Wildman–Crippen LogP) is 4.52. The van der Waals surface area contributed by atoms with E-state index in [1.54, 1.807) is 0 Å². The lowest BCUT2D eigenvalue weighted by atomic mass is 10.0. The van der Waals surface area contributed by atoms with Crippen LogP contribution >= 0.6 is 0 Å². The molecule has 0 saturated carbocycles. The second-order valence-electron chi connectivity index (χ2n) is 8.39. The van der Waals surface area contributed by atoms with Crippen molar-refractivity contribution in [1.29, 1.82) is 0 Å². The van der Waals surface area contributed by atoms with Crippen molar-refractivity contribution in [3.05, 3.63) is 12.2 Å². The van der Waals surface area contributed by atoms with Gasteiger partial charge in [0.2, 0.25) is 0 Å². The molecule has 1 aliphatic heterocycles. The lowest BCUT2D eigenvalue weighted by Crippen LogP contribution is -2.55. The number of unbranched alkanes of at least 4 members (excludes halogenated alkanes) is 12. The third-order valence-corrected chi connectivity index (χ3v) is 5.72. The highest BCUT2D eigenvalue weighted by Gasteiger charge is 2.39. The van der Waals surface area contributed by atoms with E-state index in [0.29, 0.717) is 6.61 Å². The van der Waals surface area contributed by atoms with E-state index < -0.39 is 24.4 Å². The first-order valence-corrected chi connectivity index (χ1v) is 12.1. The molecule has 1 heterocycles. The van der Waals surface area contributed by atoms with E-state index in [2.05, 4.69) is 19.1 Å². The van der Waals surface area contributed by atoms with E-state index in [1.165, 1.54) is 70.6 Å². The van der Waals surface area contributed by atoms with Gasteiger partial charge >= 0.3 is 0 Å². The van der Waals surface area contributed by atoms with Crippen LogP contribution in [0.4, 0.5) is 0 Å². The molecule has 172 valence electrons. The van der Waals surface area contributed by atoms with Crippen molar-refractivity contribution in [1.82, 2.24) is 0 Å². The highest BCUT2D eigenvalue weighted by Crippen LogP contribution is 2.19. The van der Waals surface area contributed by atoms with E-state index in [4.69, 9.17) is 9.47 Å². The molecule has 1 saturated heterocycles. The average Bonchev–Trinajstić information content (AvgIpc) is 2.73. The van der Waals surface area contributed by atoms with Crippen LogP contribution in [-0.2, 0) is 9.47 Å². The Balaban J connectivity index is 1.89. The highest BCUT2D eigenvalue weighted by atomic mass is 16.6. The van der Waals surface area contributed by atoms with Gasteiger partial charge < -0.3 is 24.8 Å². The molecular weight excluding hydrogens is 368 g/mol. The van der Waals surface area contributed by atoms with Gasteiger partial charge in [0.15, 0.2) is 0 Å². The average molecular weight is 415 g/mol. The normalized spacial score (nSPS) is 25.1. The molecule has 0 aromatic heterocycles. The Morgan fingerprint density at radius 1 is 0.828 bits per heavy atom. The van der Waals surface area contributed by atoms with Crippen molar-refractivity contribution in [3.63, 3.8) is 0 Å². The fraction of sp³-hybridized carbons (Fsp3) is 0.917. The molecule has 0 unspecified atom stereocenters. The summed E-state index contributed by atoms with van der Waals surface area (Å²) in [5.74, 6) is 0. The summed E-state index contributed by atoms with van der Waals surface area (Å²) in [5, 5.41) is 29.0. The fourth-order valence-electron chi connectivity index (χ4n) is 3.80. The second-order valence-corrected chi connectivity index (χ2v) is 8.39. The molecule has 1 aliphatic rings. The molecule has 5 heteroatoms. The van der Waals surface area contributed by atoms with Crippen LogP contribution in [0.25, 0.3) is 0 Å². The van der Waals surface area contributed by atoms with Gasteiger partial charge in [0.25, 0.3) is 0 Å². The molecule has 0 radical (unpaired) electrons. The summed E-state index contributed by atoms with van der Waals surface area (Å²) in [6, 6.07) is 0. The van der Waals surface area contributed by atoms with E-state index in [0.717, 1.165) is 19.3 Å². The minimum absolute atomic E-state index is 0.0358. The lowest BCUT2D eigenvalue weighted by molar-refractivity contribution is -0.211. The van der Waals surface area contributed by atoms with Crippen molar-refractivity contribution in [2.24, 2.45) is 0 Å². The summed E-state index contributed by atoms with van der Waals surface area (Å²) in [6.45, 7) is 2.57. The third-order valence-electron chi connectivity index (χ3n) is 5.72. The SMILES string of the molecule is CCCCCCCCCCCCC/C=C/CCCO[C@H]1[C@H](O)[C@@H](O)CO[C@@H]1CO. The Hall–Kier alpha value is -0.460. The molecule has 1 rings (SSSR count). The number of rotatable bonds is 18. The molecule has 29 heavy (non-hydrogen) atoms. The van der Waals surface area contributed by atoms with Gasteiger partial charge in [-0.3, -0.25) is 0 Å². The standard InChI is InChI=1S/C24H46O5/c1-2-3-4-5-6-7-8-9-10-11-12-13-14-15-16-17-18-28-24-22(19-25)29-20-21(26)23(24)27/h14-15,21-27H,2-13,16-20H2,1H3/b15-14+/t21-,22+,23+,24+/m0/s1. The Morgan fingerprint density at radius 3 is 1.97 bits per heavy atom. The summed E-state index contributed by atoms with van der Waals surface area (Å²) in [5.41, 5.74) is 0. The summed E-state index contributed by atoms with van der Waals surface area (Å²) >= 11 is 0. The Labute approximate surface area is 178 Å². The number of ether oxygens (including phenoxy) is 2. The van der Waals surface area contributed by atoms with Crippen LogP contribution in [0.3, 0.4) is 0 Å². The molecule has 0 aliphatic carbocycles. The summed E-state index contributed by atoms with van der Waals surface area (Å²) < 4.78 is 11.0. The number of aliphatic hydroxyl groups excluding tert-OH is 3. The van der Waals surface area contributed by atoms with E-state index >= 15 is 0 Å². The van der Waals surface area contributed by atoms with Crippen molar-refractivity contribution < 1.29 is 24.8 Å². The molecule has 0 aromatic rings. The summed E-state index contributed by atoms with van der Waals surface area (Å²) in [7, 11) is 0. The number of hydrogen-bond acceptors (Lipinski definition) is 5. The molecule has 0 spiro atoms. The van der Waals surface area contributed by atoms with Crippen LogP contribution in [0.15, 0.2) is 12.2 Å². The number of aliphatic hydroxyl groups is 3. The molecule has 5 nitrogen and oxygen atoms in total. The highest BCUT2D eigenvalue weighted by molar-refractivity contribution is 4.88. The van der Waals surface area contributed by atoms with Crippen LogP contribution in [0.2, 0.25) is 0 Å². The van der Waals surface area contributed by atoms with Gasteiger partial charge in [-0.2, -0.15) is 0 Å². The van der Waals surface area contributed by atoms with E-state index in [1.807, 2.05) is 0 Å². The molecule has 0 amide bonds. The largest absolute Gasteiger partial charge is 0.394 e. The Bertz CT molecular complexity index is 385. The zero-order valence-corrected chi connectivity index (χ0v) is 18.6. The molecular formula is C24H46O5. The quantitative estimate of drug-likeness (QED) is 0.227. The molecule has 1 fully saturated rings. The van der Waals surface area contributed by atoms with Gasteiger partial charge in [0, 0.05) is 6.61 Å². The Kier molecular flexibility index (Phi) is 16.8. The number of allylic oxidation sites excluding steroid dienone is 2. The summed E-state index contributed by atoms with van der Waals surface area (Å²) in [4.78, 5) is 0. The van der Waals surface area contributed by atoms with Gasteiger partial charge in [-0.15, -0.1) is 0 Å². The van der Waals surface area contributed by atoms with Crippen LogP contribution in [0.5, 0.6) is 0 Å². The predicted molar refractivity (Wildman–Crippen MR) is 118 cm³/mol. The first-order chi connectivity index (χ1) is 14.2. The van der Waals surface area contributed by atoms with Gasteiger partial charge in [0.1, 0.15) is 24.4 Å². The third kappa shape index (κ3) is 12.7. The first kappa shape index (κ1) is 26.6. The van der Waals surface area contributed by atoms with Crippen LogP contribution in [-0.4, -0.2) is 59.6 Å². The maximum atomic E-state index is 9.99. The van der Waals surface area contributed by atoms with Crippen molar-refractivity contribution in [2.45, 2.75) is 121 Å². The van der Waals surface area contributed by atoms with Crippen molar-refractivity contribution in [2.75, 3.05) is 19.8 Å².